The lowest BCUT2D eigenvalue weighted by Gasteiger charge is -2.14. The van der Waals surface area contributed by atoms with Crippen LogP contribution in [0, 0.1) is 0 Å². The third kappa shape index (κ3) is 6.27. The first kappa shape index (κ1) is 19.1. The Hall–Kier alpha value is -2.27. The van der Waals surface area contributed by atoms with Crippen LogP contribution in [-0.2, 0) is 10.5 Å². The van der Waals surface area contributed by atoms with Crippen molar-refractivity contribution >= 4 is 29.3 Å². The summed E-state index contributed by atoms with van der Waals surface area (Å²) in [5, 5.41) is 5.78. The summed E-state index contributed by atoms with van der Waals surface area (Å²) in [5.74, 6) is 0.854. The van der Waals surface area contributed by atoms with Gasteiger partial charge in [-0.15, -0.1) is 11.8 Å². The molecule has 0 aliphatic heterocycles. The van der Waals surface area contributed by atoms with Gasteiger partial charge >= 0.3 is 0 Å². The van der Waals surface area contributed by atoms with E-state index in [1.807, 2.05) is 50.2 Å². The Kier molecular flexibility index (Phi) is 7.54. The molecule has 0 saturated carbocycles. The number of benzene rings is 2. The summed E-state index contributed by atoms with van der Waals surface area (Å²) < 4.78 is 0. The fourth-order valence-corrected chi connectivity index (χ4v) is 3.00. The van der Waals surface area contributed by atoms with Crippen molar-refractivity contribution in [2.24, 2.45) is 0 Å². The van der Waals surface area contributed by atoms with E-state index in [2.05, 4.69) is 10.6 Å². The molecule has 2 rings (SSSR count). The third-order valence-corrected chi connectivity index (χ3v) is 4.78. The number of thioether (sulfide) groups is 1. The minimum atomic E-state index is -0.165. The van der Waals surface area contributed by atoms with Crippen LogP contribution in [0.1, 0.15) is 36.2 Å². The maximum atomic E-state index is 12.3. The highest BCUT2D eigenvalue weighted by Crippen LogP contribution is 2.17. The number of carbonyl (C=O) groups is 2. The second-order valence-corrected chi connectivity index (χ2v) is 6.84. The van der Waals surface area contributed by atoms with E-state index in [9.17, 15) is 9.59 Å². The molecular weight excluding hydrogens is 332 g/mol. The van der Waals surface area contributed by atoms with Gasteiger partial charge in [-0.3, -0.25) is 9.59 Å². The van der Waals surface area contributed by atoms with Crippen LogP contribution in [0.5, 0.6) is 0 Å². The average Bonchev–Trinajstić information content (AvgIpc) is 2.62. The van der Waals surface area contributed by atoms with Crippen LogP contribution in [0.15, 0.2) is 54.6 Å². The highest BCUT2D eigenvalue weighted by molar-refractivity contribution is 7.99. The van der Waals surface area contributed by atoms with Gasteiger partial charge in [0.1, 0.15) is 0 Å². The summed E-state index contributed by atoms with van der Waals surface area (Å²) in [6, 6.07) is 17.2. The molecule has 0 saturated heterocycles. The molecule has 2 aromatic rings. The molecular formula is C20H24N2O2S. The van der Waals surface area contributed by atoms with Crippen molar-refractivity contribution in [3.8, 4) is 0 Å². The second kappa shape index (κ2) is 9.89. The van der Waals surface area contributed by atoms with Crippen molar-refractivity contribution in [3.05, 3.63) is 65.7 Å². The van der Waals surface area contributed by atoms with E-state index in [0.717, 1.165) is 12.2 Å². The van der Waals surface area contributed by atoms with Gasteiger partial charge in [-0.1, -0.05) is 49.4 Å². The first-order chi connectivity index (χ1) is 12.1. The molecule has 0 fully saturated rings. The Bertz CT molecular complexity index is 704. The first-order valence-electron chi connectivity index (χ1n) is 8.41. The van der Waals surface area contributed by atoms with Crippen molar-refractivity contribution < 1.29 is 9.59 Å². The fourth-order valence-electron chi connectivity index (χ4n) is 2.22. The lowest BCUT2D eigenvalue weighted by molar-refractivity contribution is -0.113. The molecule has 2 aromatic carbocycles. The predicted octanol–water partition coefficient (Wildman–Crippen LogP) is 4.09. The minimum Gasteiger partial charge on any atom is -0.350 e. The Labute approximate surface area is 153 Å². The third-order valence-electron chi connectivity index (χ3n) is 3.78. The smallest absolute Gasteiger partial charge is 0.253 e. The molecule has 0 unspecified atom stereocenters. The van der Waals surface area contributed by atoms with Gasteiger partial charge < -0.3 is 10.6 Å². The highest BCUT2D eigenvalue weighted by atomic mass is 32.2. The summed E-state index contributed by atoms with van der Waals surface area (Å²) in [5.41, 5.74) is 2.23. The Morgan fingerprint density at radius 3 is 2.44 bits per heavy atom. The zero-order valence-corrected chi connectivity index (χ0v) is 15.4. The Morgan fingerprint density at radius 2 is 1.72 bits per heavy atom. The molecule has 0 bridgehead atoms. The summed E-state index contributed by atoms with van der Waals surface area (Å²) in [4.78, 5) is 24.5. The zero-order valence-electron chi connectivity index (χ0n) is 14.6. The van der Waals surface area contributed by atoms with Crippen LogP contribution in [0.4, 0.5) is 5.69 Å². The second-order valence-electron chi connectivity index (χ2n) is 5.85. The Balaban J connectivity index is 1.91. The average molecular weight is 356 g/mol. The predicted molar refractivity (Wildman–Crippen MR) is 105 cm³/mol. The molecule has 0 radical (unpaired) electrons. The van der Waals surface area contributed by atoms with Crippen molar-refractivity contribution in [1.82, 2.24) is 5.32 Å². The number of anilines is 1. The van der Waals surface area contributed by atoms with E-state index >= 15 is 0 Å². The van der Waals surface area contributed by atoms with Crippen LogP contribution in [0.3, 0.4) is 0 Å². The molecule has 5 heteroatoms. The minimum absolute atomic E-state index is 0.0951. The fraction of sp³-hybridized carbons (Fsp3) is 0.300. The monoisotopic (exact) mass is 356 g/mol. The molecule has 4 nitrogen and oxygen atoms in total. The molecule has 0 aliphatic rings. The van der Waals surface area contributed by atoms with Crippen LogP contribution in [0.25, 0.3) is 0 Å². The van der Waals surface area contributed by atoms with E-state index in [1.54, 1.807) is 30.0 Å². The van der Waals surface area contributed by atoms with Gasteiger partial charge in [-0.25, -0.2) is 0 Å². The molecule has 0 aromatic heterocycles. The Morgan fingerprint density at radius 1 is 1.04 bits per heavy atom. The summed E-state index contributed by atoms with van der Waals surface area (Å²) >= 11 is 1.55. The standard InChI is InChI=1S/C20H24N2O2S/c1-3-15(2)21-20(24)17-11-7-8-12-18(17)22-19(23)14-25-13-16-9-5-4-6-10-16/h4-12,15H,3,13-14H2,1-2H3,(H,21,24)(H,22,23)/t15-/m0/s1. The molecule has 0 spiro atoms. The van der Waals surface area contributed by atoms with Crippen LogP contribution >= 0.6 is 11.8 Å². The molecule has 2 N–H and O–H groups in total. The zero-order chi connectivity index (χ0) is 18.1. The number of amides is 2. The highest BCUT2D eigenvalue weighted by Gasteiger charge is 2.14. The lowest BCUT2D eigenvalue weighted by atomic mass is 10.1. The van der Waals surface area contributed by atoms with Gasteiger partial charge in [0.15, 0.2) is 0 Å². The number of nitrogens with one attached hydrogen (secondary N) is 2. The largest absolute Gasteiger partial charge is 0.350 e. The van der Waals surface area contributed by atoms with Gasteiger partial charge in [-0.2, -0.15) is 0 Å². The number of carbonyl (C=O) groups excluding carboxylic acids is 2. The maximum absolute atomic E-state index is 12.3. The first-order valence-corrected chi connectivity index (χ1v) is 9.57. The number of para-hydroxylation sites is 1. The summed E-state index contributed by atoms with van der Waals surface area (Å²) in [7, 11) is 0. The number of hydrogen-bond acceptors (Lipinski definition) is 3. The van der Waals surface area contributed by atoms with Gasteiger partial charge in [0, 0.05) is 11.8 Å². The molecule has 132 valence electrons. The van der Waals surface area contributed by atoms with Crippen molar-refractivity contribution in [3.63, 3.8) is 0 Å². The quantitative estimate of drug-likeness (QED) is 0.749. The number of rotatable bonds is 8. The molecule has 2 amide bonds. The topological polar surface area (TPSA) is 58.2 Å². The maximum Gasteiger partial charge on any atom is 0.253 e. The van der Waals surface area contributed by atoms with Crippen LogP contribution in [-0.4, -0.2) is 23.6 Å². The summed E-state index contributed by atoms with van der Waals surface area (Å²) in [6.45, 7) is 3.97. The van der Waals surface area contributed by atoms with Crippen molar-refractivity contribution in [2.45, 2.75) is 32.1 Å². The van der Waals surface area contributed by atoms with Crippen LogP contribution < -0.4 is 10.6 Å². The lowest BCUT2D eigenvalue weighted by Crippen LogP contribution is -2.32. The molecule has 0 aliphatic carbocycles. The number of hydrogen-bond donors (Lipinski definition) is 2. The summed E-state index contributed by atoms with van der Waals surface area (Å²) in [6.07, 6.45) is 0.858. The normalized spacial score (nSPS) is 11.6. The van der Waals surface area contributed by atoms with E-state index in [-0.39, 0.29) is 17.9 Å². The van der Waals surface area contributed by atoms with E-state index in [4.69, 9.17) is 0 Å². The van der Waals surface area contributed by atoms with E-state index in [1.165, 1.54) is 5.56 Å². The van der Waals surface area contributed by atoms with Gasteiger partial charge in [0.2, 0.25) is 5.91 Å². The molecule has 0 heterocycles. The van der Waals surface area contributed by atoms with Gasteiger partial charge in [0.05, 0.1) is 17.0 Å². The van der Waals surface area contributed by atoms with Gasteiger partial charge in [0.25, 0.3) is 5.91 Å². The van der Waals surface area contributed by atoms with Crippen LogP contribution in [0.2, 0.25) is 0 Å². The SMILES string of the molecule is CC[C@H](C)NC(=O)c1ccccc1NC(=O)CSCc1ccccc1. The molecule has 25 heavy (non-hydrogen) atoms. The van der Waals surface area contributed by atoms with Gasteiger partial charge in [-0.05, 0) is 31.0 Å². The van der Waals surface area contributed by atoms with E-state index in [0.29, 0.717) is 17.0 Å². The molecule has 1 atom stereocenters. The van der Waals surface area contributed by atoms with Crippen molar-refractivity contribution in [1.29, 1.82) is 0 Å². The van der Waals surface area contributed by atoms with Crippen molar-refractivity contribution in [2.75, 3.05) is 11.1 Å². The van der Waals surface area contributed by atoms with E-state index < -0.39 is 0 Å².